The van der Waals surface area contributed by atoms with E-state index in [4.69, 9.17) is 4.42 Å². The van der Waals surface area contributed by atoms with E-state index in [-0.39, 0.29) is 17.9 Å². The summed E-state index contributed by atoms with van der Waals surface area (Å²) < 4.78 is 5.67. The minimum Gasteiger partial charge on any atom is -0.449 e. The Morgan fingerprint density at radius 1 is 1.15 bits per heavy atom. The Labute approximate surface area is 157 Å². The normalized spacial score (nSPS) is 27.3. The third-order valence-electron chi connectivity index (χ3n) is 6.04. The number of fused-ring (bicyclic) bond motifs is 3. The second kappa shape index (κ2) is 6.64. The highest BCUT2D eigenvalue weighted by atomic mass is 16.3. The number of rotatable bonds is 3. The molecule has 2 aromatic rings. The van der Waals surface area contributed by atoms with Gasteiger partial charge in [-0.2, -0.15) is 0 Å². The molecule has 0 aromatic carbocycles. The minimum absolute atomic E-state index is 0.0820. The van der Waals surface area contributed by atoms with Crippen molar-refractivity contribution in [3.63, 3.8) is 0 Å². The topological polar surface area (TPSA) is 78.7 Å². The lowest BCUT2D eigenvalue weighted by Crippen LogP contribution is -2.47. The maximum atomic E-state index is 12.6. The van der Waals surface area contributed by atoms with Crippen molar-refractivity contribution in [1.82, 2.24) is 20.1 Å². The zero-order valence-electron chi connectivity index (χ0n) is 15.3. The fourth-order valence-corrected chi connectivity index (χ4v) is 4.67. The van der Waals surface area contributed by atoms with Crippen LogP contribution in [0.25, 0.3) is 11.0 Å². The van der Waals surface area contributed by atoms with Crippen LogP contribution in [-0.2, 0) is 0 Å². The summed E-state index contributed by atoms with van der Waals surface area (Å²) in [7, 11) is 0. The molecule has 3 saturated heterocycles. The smallest absolute Gasteiger partial charge is 0.289 e. The van der Waals surface area contributed by atoms with Crippen molar-refractivity contribution in [2.75, 3.05) is 32.7 Å². The van der Waals surface area contributed by atoms with E-state index in [9.17, 15) is 9.59 Å². The molecule has 0 spiro atoms. The van der Waals surface area contributed by atoms with Crippen LogP contribution < -0.4 is 5.32 Å². The largest absolute Gasteiger partial charge is 0.449 e. The minimum atomic E-state index is -0.155. The highest BCUT2D eigenvalue weighted by Gasteiger charge is 2.33. The van der Waals surface area contributed by atoms with Gasteiger partial charge in [-0.1, -0.05) is 0 Å². The van der Waals surface area contributed by atoms with E-state index >= 15 is 0 Å². The molecular formula is C20H24N4O3. The van der Waals surface area contributed by atoms with Crippen molar-refractivity contribution in [2.45, 2.75) is 31.7 Å². The number of carbonyl (C=O) groups excluding carboxylic acids is 2. The van der Waals surface area contributed by atoms with E-state index in [0.717, 1.165) is 50.8 Å². The number of furan rings is 1. The number of nitrogens with zero attached hydrogens (tertiary/aromatic N) is 3. The highest BCUT2D eigenvalue weighted by molar-refractivity contribution is 5.99. The maximum Gasteiger partial charge on any atom is 0.289 e. The average molecular weight is 368 g/mol. The van der Waals surface area contributed by atoms with Crippen LogP contribution in [0.15, 0.2) is 22.7 Å². The van der Waals surface area contributed by atoms with Crippen LogP contribution >= 0.6 is 0 Å². The van der Waals surface area contributed by atoms with Gasteiger partial charge in [0.2, 0.25) is 0 Å². The lowest BCUT2D eigenvalue weighted by molar-refractivity contribution is 0.0763. The Balaban J connectivity index is 1.31. The standard InChI is InChI=1S/C20H24N4O3/c25-19(22-15-7-13-3-6-23(11-13)12-15)16-8-14-9-17(27-18(14)10-21-16)20(26)24-4-1-2-5-24/h8-10,13,15H,1-7,11-12H2,(H,22,25)/t13-,15+/m0/s1. The fourth-order valence-electron chi connectivity index (χ4n) is 4.67. The van der Waals surface area contributed by atoms with Crippen LogP contribution in [0.1, 0.15) is 46.7 Å². The van der Waals surface area contributed by atoms with E-state index in [2.05, 4.69) is 15.2 Å². The Hall–Kier alpha value is -2.41. The molecule has 142 valence electrons. The Morgan fingerprint density at radius 2 is 2.00 bits per heavy atom. The molecule has 1 N–H and O–H groups in total. The van der Waals surface area contributed by atoms with Crippen LogP contribution in [0.5, 0.6) is 0 Å². The number of nitrogens with one attached hydrogen (secondary N) is 1. The fraction of sp³-hybridized carbons (Fsp3) is 0.550. The lowest BCUT2D eigenvalue weighted by atomic mass is 9.97. The summed E-state index contributed by atoms with van der Waals surface area (Å²) in [6.07, 6.45) is 5.90. The molecule has 2 amide bonds. The molecule has 5 rings (SSSR count). The van der Waals surface area contributed by atoms with Gasteiger partial charge in [0.15, 0.2) is 11.3 Å². The van der Waals surface area contributed by atoms with Crippen LogP contribution in [0, 0.1) is 5.92 Å². The maximum absolute atomic E-state index is 12.6. The molecule has 3 atom stereocenters. The summed E-state index contributed by atoms with van der Waals surface area (Å²) in [5.41, 5.74) is 0.910. The molecule has 5 heterocycles. The molecule has 27 heavy (non-hydrogen) atoms. The van der Waals surface area contributed by atoms with E-state index in [1.165, 1.54) is 13.0 Å². The van der Waals surface area contributed by atoms with E-state index in [1.54, 1.807) is 18.3 Å². The predicted octanol–water partition coefficient (Wildman–Crippen LogP) is 1.89. The zero-order valence-corrected chi connectivity index (χ0v) is 15.3. The molecule has 3 aliphatic heterocycles. The number of carbonyl (C=O) groups is 2. The second-order valence-electron chi connectivity index (χ2n) is 8.04. The van der Waals surface area contributed by atoms with Gasteiger partial charge in [0.1, 0.15) is 5.69 Å². The van der Waals surface area contributed by atoms with Crippen molar-refractivity contribution in [3.05, 3.63) is 29.8 Å². The average Bonchev–Trinajstić information content (AvgIpc) is 3.40. The molecule has 0 aliphatic carbocycles. The first kappa shape index (κ1) is 16.7. The van der Waals surface area contributed by atoms with E-state index in [0.29, 0.717) is 23.0 Å². The molecule has 0 radical (unpaired) electrons. The Kier molecular flexibility index (Phi) is 4.11. The molecule has 3 fully saturated rings. The van der Waals surface area contributed by atoms with Crippen molar-refractivity contribution >= 4 is 22.8 Å². The van der Waals surface area contributed by atoms with Gasteiger partial charge in [0, 0.05) is 37.6 Å². The molecule has 2 aromatic heterocycles. The number of piperidine rings is 1. The van der Waals surface area contributed by atoms with Crippen LogP contribution in [-0.4, -0.2) is 65.4 Å². The Morgan fingerprint density at radius 3 is 2.81 bits per heavy atom. The number of amides is 2. The molecule has 7 nitrogen and oxygen atoms in total. The summed E-state index contributed by atoms with van der Waals surface area (Å²) in [6.45, 7) is 4.79. The van der Waals surface area contributed by atoms with Gasteiger partial charge in [-0.3, -0.25) is 9.59 Å². The molecule has 3 aliphatic rings. The van der Waals surface area contributed by atoms with Crippen molar-refractivity contribution in [3.8, 4) is 0 Å². The highest BCUT2D eigenvalue weighted by Crippen LogP contribution is 2.27. The summed E-state index contributed by atoms with van der Waals surface area (Å²) >= 11 is 0. The van der Waals surface area contributed by atoms with Gasteiger partial charge in [0.05, 0.1) is 6.20 Å². The van der Waals surface area contributed by atoms with Gasteiger partial charge < -0.3 is 19.5 Å². The van der Waals surface area contributed by atoms with Crippen molar-refractivity contribution in [1.29, 1.82) is 0 Å². The third-order valence-corrected chi connectivity index (χ3v) is 6.04. The van der Waals surface area contributed by atoms with Gasteiger partial charge >= 0.3 is 0 Å². The van der Waals surface area contributed by atoms with Crippen molar-refractivity contribution in [2.24, 2.45) is 5.92 Å². The first-order valence-corrected chi connectivity index (χ1v) is 9.88. The quantitative estimate of drug-likeness (QED) is 0.895. The van der Waals surface area contributed by atoms with Gasteiger partial charge in [-0.25, -0.2) is 4.98 Å². The van der Waals surface area contributed by atoms with E-state index < -0.39 is 0 Å². The first-order chi connectivity index (χ1) is 13.2. The molecule has 2 bridgehead atoms. The lowest BCUT2D eigenvalue weighted by Gasteiger charge is -2.30. The number of pyridine rings is 1. The molecular weight excluding hydrogens is 344 g/mol. The van der Waals surface area contributed by atoms with Crippen LogP contribution in [0.2, 0.25) is 0 Å². The molecule has 7 heteroatoms. The summed E-state index contributed by atoms with van der Waals surface area (Å²) in [4.78, 5) is 33.6. The van der Waals surface area contributed by atoms with Gasteiger partial charge in [0.25, 0.3) is 11.8 Å². The monoisotopic (exact) mass is 368 g/mol. The summed E-state index contributed by atoms with van der Waals surface area (Å²) in [6, 6.07) is 3.63. The van der Waals surface area contributed by atoms with Crippen LogP contribution in [0.4, 0.5) is 0 Å². The Bertz CT molecular complexity index is 874. The van der Waals surface area contributed by atoms with Gasteiger partial charge in [-0.05, 0) is 50.3 Å². The zero-order chi connectivity index (χ0) is 18.4. The van der Waals surface area contributed by atoms with Crippen LogP contribution in [0.3, 0.4) is 0 Å². The second-order valence-corrected chi connectivity index (χ2v) is 8.04. The SMILES string of the molecule is O=C(N[C@@H]1C[C@@H]2CCN(C2)C1)c1cc2cc(C(=O)N3CCCC3)oc2cn1. The number of aromatic nitrogens is 1. The third kappa shape index (κ3) is 3.20. The summed E-state index contributed by atoms with van der Waals surface area (Å²) in [5.74, 6) is 0.787. The van der Waals surface area contributed by atoms with Gasteiger partial charge in [-0.15, -0.1) is 0 Å². The first-order valence-electron chi connectivity index (χ1n) is 9.88. The predicted molar refractivity (Wildman–Crippen MR) is 99.6 cm³/mol. The molecule has 0 saturated carbocycles. The number of hydrogen-bond acceptors (Lipinski definition) is 5. The van der Waals surface area contributed by atoms with E-state index in [1.807, 2.05) is 4.90 Å². The summed E-state index contributed by atoms with van der Waals surface area (Å²) in [5, 5.41) is 3.87. The number of likely N-dealkylation sites (tertiary alicyclic amines) is 1. The molecule has 1 unspecified atom stereocenters. The van der Waals surface area contributed by atoms with Crippen molar-refractivity contribution < 1.29 is 14.0 Å². The number of hydrogen-bond donors (Lipinski definition) is 1.